The summed E-state index contributed by atoms with van der Waals surface area (Å²) in [5.41, 5.74) is 2.24. The monoisotopic (exact) mass is 427 g/mol. The second-order valence-corrected chi connectivity index (χ2v) is 9.33. The maximum Gasteiger partial charge on any atom is 0.236 e. The molecule has 3 aromatic rings. The van der Waals surface area contributed by atoms with E-state index in [4.69, 9.17) is 9.40 Å². The van der Waals surface area contributed by atoms with Crippen molar-refractivity contribution in [2.75, 3.05) is 33.2 Å². The summed E-state index contributed by atoms with van der Waals surface area (Å²) in [4.78, 5) is 10.7. The fourth-order valence-corrected chi connectivity index (χ4v) is 4.93. The number of thiophene rings is 1. The number of rotatable bonds is 8. The summed E-state index contributed by atoms with van der Waals surface area (Å²) in [6, 6.07) is 11.0. The molecule has 160 valence electrons. The van der Waals surface area contributed by atoms with Crippen molar-refractivity contribution in [3.8, 4) is 10.8 Å². The molecule has 3 heterocycles. The second-order valence-electron chi connectivity index (χ2n) is 8.38. The normalized spacial score (nSPS) is 17.7. The second kappa shape index (κ2) is 9.86. The van der Waals surface area contributed by atoms with Crippen LogP contribution < -0.4 is 0 Å². The lowest BCUT2D eigenvalue weighted by molar-refractivity contribution is 0.142. The Balaban J connectivity index is 1.27. The number of benzene rings is 1. The van der Waals surface area contributed by atoms with Gasteiger partial charge in [-0.1, -0.05) is 18.2 Å². The minimum Gasteiger partial charge on any atom is -0.440 e. The molecule has 4 nitrogen and oxygen atoms in total. The number of hydrogen-bond acceptors (Lipinski definition) is 5. The van der Waals surface area contributed by atoms with Gasteiger partial charge in [-0.25, -0.2) is 9.37 Å². The topological polar surface area (TPSA) is 32.5 Å². The lowest BCUT2D eigenvalue weighted by atomic mass is 9.97. The minimum absolute atomic E-state index is 0.162. The molecule has 1 unspecified atom stereocenters. The molecule has 4 rings (SSSR count). The quantitative estimate of drug-likeness (QED) is 0.492. The summed E-state index contributed by atoms with van der Waals surface area (Å²) in [5.74, 6) is 2.15. The molecular weight excluding hydrogens is 397 g/mol. The van der Waals surface area contributed by atoms with E-state index in [1.54, 1.807) is 23.5 Å². The molecule has 0 spiro atoms. The molecule has 1 atom stereocenters. The number of nitrogens with zero attached hydrogens (tertiary/aromatic N) is 3. The van der Waals surface area contributed by atoms with Crippen molar-refractivity contribution in [3.63, 3.8) is 0 Å². The Morgan fingerprint density at radius 3 is 2.87 bits per heavy atom. The van der Waals surface area contributed by atoms with Crippen LogP contribution in [-0.4, -0.2) is 48.0 Å². The molecule has 1 fully saturated rings. The molecule has 1 aromatic carbocycles. The highest BCUT2D eigenvalue weighted by atomic mass is 32.1. The number of aromatic nitrogens is 1. The van der Waals surface area contributed by atoms with Crippen LogP contribution in [0, 0.1) is 18.7 Å². The number of halogens is 1. The van der Waals surface area contributed by atoms with Crippen LogP contribution in [0.2, 0.25) is 0 Å². The van der Waals surface area contributed by atoms with Gasteiger partial charge >= 0.3 is 0 Å². The number of likely N-dealkylation sites (tertiary alicyclic amines) is 1. The Morgan fingerprint density at radius 1 is 1.27 bits per heavy atom. The van der Waals surface area contributed by atoms with Gasteiger partial charge in [-0.15, -0.1) is 11.3 Å². The van der Waals surface area contributed by atoms with Crippen LogP contribution in [0.25, 0.3) is 10.8 Å². The zero-order valence-corrected chi connectivity index (χ0v) is 18.6. The third-order valence-corrected chi connectivity index (χ3v) is 6.71. The van der Waals surface area contributed by atoms with E-state index in [1.165, 1.54) is 18.4 Å². The van der Waals surface area contributed by atoms with E-state index in [1.807, 2.05) is 36.6 Å². The van der Waals surface area contributed by atoms with Gasteiger partial charge in [0.15, 0.2) is 0 Å². The maximum atomic E-state index is 13.1. The first-order valence-corrected chi connectivity index (χ1v) is 11.6. The molecule has 2 aromatic heterocycles. The predicted octanol–water partition coefficient (Wildman–Crippen LogP) is 5.24. The van der Waals surface area contributed by atoms with Gasteiger partial charge in [0.25, 0.3) is 0 Å². The SMILES string of the molecule is Cc1oc(-c2cccs2)nc1CN(C)CC1CCCN(CCc2ccc(F)cc2)C1. The number of aryl methyl sites for hydroxylation is 1. The molecule has 0 saturated carbocycles. The van der Waals surface area contributed by atoms with Crippen LogP contribution in [0.1, 0.15) is 29.9 Å². The van der Waals surface area contributed by atoms with Gasteiger partial charge in [-0.2, -0.15) is 0 Å². The zero-order valence-electron chi connectivity index (χ0n) is 17.8. The smallest absolute Gasteiger partial charge is 0.236 e. The molecule has 30 heavy (non-hydrogen) atoms. The Labute approximate surface area is 182 Å². The molecule has 1 aliphatic rings. The van der Waals surface area contributed by atoms with Gasteiger partial charge in [-0.05, 0) is 74.8 Å². The van der Waals surface area contributed by atoms with Gasteiger partial charge in [0.05, 0.1) is 10.6 Å². The molecule has 0 bridgehead atoms. The van der Waals surface area contributed by atoms with Crippen LogP contribution in [0.5, 0.6) is 0 Å². The standard InChI is InChI=1S/C24H30FN3OS/c1-18-22(26-24(29-18)23-6-4-14-30-23)17-27(2)15-20-5-3-12-28(16-20)13-11-19-7-9-21(25)10-8-19/h4,6-10,14,20H,3,5,11-13,15-17H2,1-2H3. The van der Waals surface area contributed by atoms with Crippen LogP contribution >= 0.6 is 11.3 Å². The number of oxazole rings is 1. The number of piperidine rings is 1. The zero-order chi connectivity index (χ0) is 20.9. The lowest BCUT2D eigenvalue weighted by Crippen LogP contribution is -2.40. The molecule has 0 radical (unpaired) electrons. The van der Waals surface area contributed by atoms with Gasteiger partial charge < -0.3 is 14.2 Å². The molecule has 0 amide bonds. The molecule has 0 N–H and O–H groups in total. The maximum absolute atomic E-state index is 13.1. The van der Waals surface area contributed by atoms with Crippen molar-refractivity contribution in [1.82, 2.24) is 14.8 Å². The fourth-order valence-electron chi connectivity index (χ4n) is 4.28. The number of hydrogen-bond donors (Lipinski definition) is 0. The Morgan fingerprint density at radius 2 is 2.10 bits per heavy atom. The third-order valence-electron chi connectivity index (χ3n) is 5.85. The summed E-state index contributed by atoms with van der Waals surface area (Å²) in [6.45, 7) is 7.21. The third kappa shape index (κ3) is 5.56. The Hall–Kier alpha value is -2.02. The van der Waals surface area contributed by atoms with Crippen LogP contribution in [0.4, 0.5) is 4.39 Å². The van der Waals surface area contributed by atoms with Crippen molar-refractivity contribution in [1.29, 1.82) is 0 Å². The predicted molar refractivity (Wildman–Crippen MR) is 120 cm³/mol. The highest BCUT2D eigenvalue weighted by molar-refractivity contribution is 7.13. The van der Waals surface area contributed by atoms with E-state index in [0.717, 1.165) is 61.4 Å². The average molecular weight is 428 g/mol. The van der Waals surface area contributed by atoms with Crippen LogP contribution in [0.15, 0.2) is 46.2 Å². The molecule has 6 heteroatoms. The van der Waals surface area contributed by atoms with E-state index in [0.29, 0.717) is 5.92 Å². The molecule has 1 aliphatic heterocycles. The summed E-state index contributed by atoms with van der Waals surface area (Å²) in [6.07, 6.45) is 3.50. The van der Waals surface area contributed by atoms with Crippen molar-refractivity contribution < 1.29 is 8.81 Å². The van der Waals surface area contributed by atoms with Crippen molar-refractivity contribution in [3.05, 3.63) is 64.6 Å². The molecular formula is C24H30FN3OS. The van der Waals surface area contributed by atoms with Crippen molar-refractivity contribution in [2.45, 2.75) is 32.7 Å². The largest absolute Gasteiger partial charge is 0.440 e. The van der Waals surface area contributed by atoms with Gasteiger partial charge in [-0.3, -0.25) is 0 Å². The van der Waals surface area contributed by atoms with E-state index in [-0.39, 0.29) is 5.82 Å². The summed E-state index contributed by atoms with van der Waals surface area (Å²) in [7, 11) is 2.18. The molecule has 0 aliphatic carbocycles. The first kappa shape index (κ1) is 21.2. The Kier molecular flexibility index (Phi) is 6.97. The van der Waals surface area contributed by atoms with Crippen LogP contribution in [0.3, 0.4) is 0 Å². The van der Waals surface area contributed by atoms with Crippen LogP contribution in [-0.2, 0) is 13.0 Å². The average Bonchev–Trinajstić information content (AvgIpc) is 3.38. The highest BCUT2D eigenvalue weighted by Gasteiger charge is 2.22. The van der Waals surface area contributed by atoms with E-state index in [9.17, 15) is 4.39 Å². The summed E-state index contributed by atoms with van der Waals surface area (Å²) < 4.78 is 19.0. The van der Waals surface area contributed by atoms with Gasteiger partial charge in [0.2, 0.25) is 5.89 Å². The summed E-state index contributed by atoms with van der Waals surface area (Å²) >= 11 is 1.66. The van der Waals surface area contributed by atoms with E-state index in [2.05, 4.69) is 16.8 Å². The van der Waals surface area contributed by atoms with E-state index < -0.39 is 0 Å². The van der Waals surface area contributed by atoms with Crippen molar-refractivity contribution >= 4 is 11.3 Å². The first-order chi connectivity index (χ1) is 14.6. The molecule has 1 saturated heterocycles. The minimum atomic E-state index is -0.162. The van der Waals surface area contributed by atoms with Gasteiger partial charge in [0.1, 0.15) is 11.6 Å². The van der Waals surface area contributed by atoms with E-state index >= 15 is 0 Å². The summed E-state index contributed by atoms with van der Waals surface area (Å²) in [5, 5.41) is 2.05. The Bertz CT molecular complexity index is 923. The fraction of sp³-hybridized carbons (Fsp3) is 0.458. The lowest BCUT2D eigenvalue weighted by Gasteiger charge is -2.34. The van der Waals surface area contributed by atoms with Gasteiger partial charge in [0, 0.05) is 26.2 Å². The van der Waals surface area contributed by atoms with Crippen molar-refractivity contribution in [2.24, 2.45) is 5.92 Å². The first-order valence-electron chi connectivity index (χ1n) is 10.7. The highest BCUT2D eigenvalue weighted by Crippen LogP contribution is 2.26.